The number of carbonyl (C=O) groups is 3. The highest BCUT2D eigenvalue weighted by molar-refractivity contribution is 14.1. The zero-order chi connectivity index (χ0) is 23.7. The third kappa shape index (κ3) is 8.81. The first-order valence-electron chi connectivity index (χ1n) is 10.1. The van der Waals surface area contributed by atoms with Crippen LogP contribution in [-0.2, 0) is 22.5 Å². The number of amides is 3. The Hall–Kier alpha value is -2.69. The summed E-state index contributed by atoms with van der Waals surface area (Å²) in [5.41, 5.74) is 0.917. The summed E-state index contributed by atoms with van der Waals surface area (Å²) in [6, 6.07) is 12.4. The quantitative estimate of drug-likeness (QED) is 0.339. The van der Waals surface area contributed by atoms with Crippen LogP contribution in [0.4, 0.5) is 9.18 Å². The van der Waals surface area contributed by atoms with E-state index in [2.05, 4.69) is 14.2 Å². The number of rotatable bonds is 8. The number of nitrogens with one attached hydrogen (secondary N) is 3. The molecule has 0 saturated carbocycles. The van der Waals surface area contributed by atoms with Gasteiger partial charge in [0.1, 0.15) is 11.4 Å². The lowest BCUT2D eigenvalue weighted by Crippen LogP contribution is -2.43. The number of alkyl carbamates (subject to hydrolysis) is 1. The number of hydrogen-bond donors (Lipinski definition) is 3. The monoisotopic (exact) mass is 555 g/mol. The average molecular weight is 555 g/mol. The van der Waals surface area contributed by atoms with Gasteiger partial charge in [-0.2, -0.15) is 0 Å². The molecule has 0 aromatic heterocycles. The summed E-state index contributed by atoms with van der Waals surface area (Å²) in [4.78, 5) is 36.6. The van der Waals surface area contributed by atoms with Crippen molar-refractivity contribution in [2.24, 2.45) is 0 Å². The fourth-order valence-electron chi connectivity index (χ4n) is 2.95. The van der Waals surface area contributed by atoms with Gasteiger partial charge >= 0.3 is 6.09 Å². The molecule has 0 aliphatic heterocycles. The third-order valence-corrected chi connectivity index (χ3v) is 4.83. The third-order valence-electron chi connectivity index (χ3n) is 4.34. The van der Waals surface area contributed by atoms with E-state index in [0.29, 0.717) is 11.1 Å². The van der Waals surface area contributed by atoms with Crippen molar-refractivity contribution in [1.29, 1.82) is 0 Å². The van der Waals surface area contributed by atoms with Crippen LogP contribution in [0.3, 0.4) is 0 Å². The largest absolute Gasteiger partial charge is 0.444 e. The number of ether oxygens (including phenoxy) is 1. The van der Waals surface area contributed by atoms with Crippen molar-refractivity contribution in [3.8, 4) is 0 Å². The minimum absolute atomic E-state index is 0.0680. The Kier molecular flexibility index (Phi) is 9.42. The van der Waals surface area contributed by atoms with Gasteiger partial charge in [0.05, 0.1) is 22.9 Å². The normalized spacial score (nSPS) is 11.9. The maximum absolute atomic E-state index is 14.1. The Morgan fingerprint density at radius 3 is 2.47 bits per heavy atom. The summed E-state index contributed by atoms with van der Waals surface area (Å²) >= 11 is 1.76. The molecular weight excluding hydrogens is 528 g/mol. The van der Waals surface area contributed by atoms with E-state index >= 15 is 0 Å². The van der Waals surface area contributed by atoms with Crippen LogP contribution in [0.2, 0.25) is 0 Å². The maximum atomic E-state index is 14.1. The van der Waals surface area contributed by atoms with Crippen LogP contribution < -0.4 is 14.2 Å². The molecule has 2 aromatic carbocycles. The van der Waals surface area contributed by atoms with E-state index in [9.17, 15) is 18.8 Å². The lowest BCUT2D eigenvalue weighted by molar-refractivity contribution is -0.121. The SMILES string of the molecule is CC(C)(C)OC(=O)N[C@@H](CC(=O)NCc1cccc(C(=O)NI)c1)Cc1ccccc1F. The molecule has 2 aromatic rings. The molecule has 0 bridgehead atoms. The zero-order valence-corrected chi connectivity index (χ0v) is 20.4. The average Bonchev–Trinajstić information content (AvgIpc) is 2.72. The van der Waals surface area contributed by atoms with E-state index in [0.717, 1.165) is 5.56 Å². The van der Waals surface area contributed by atoms with Crippen molar-refractivity contribution in [2.45, 2.75) is 51.8 Å². The van der Waals surface area contributed by atoms with Crippen LogP contribution in [0, 0.1) is 5.82 Å². The fourth-order valence-corrected chi connectivity index (χ4v) is 3.26. The zero-order valence-electron chi connectivity index (χ0n) is 18.2. The molecule has 0 unspecified atom stereocenters. The second-order valence-electron chi connectivity index (χ2n) is 8.24. The molecule has 172 valence electrons. The predicted molar refractivity (Wildman–Crippen MR) is 128 cm³/mol. The van der Waals surface area contributed by atoms with Gasteiger partial charge in [-0.1, -0.05) is 30.3 Å². The van der Waals surface area contributed by atoms with Crippen molar-refractivity contribution in [3.63, 3.8) is 0 Å². The van der Waals surface area contributed by atoms with Gasteiger partial charge in [0.15, 0.2) is 0 Å². The van der Waals surface area contributed by atoms with Gasteiger partial charge in [-0.25, -0.2) is 9.18 Å². The molecule has 0 saturated heterocycles. The summed E-state index contributed by atoms with van der Waals surface area (Å²) in [6.45, 7) is 5.41. The van der Waals surface area contributed by atoms with E-state index < -0.39 is 23.6 Å². The Labute approximate surface area is 201 Å². The summed E-state index contributed by atoms with van der Waals surface area (Å²) in [7, 11) is 0. The first-order valence-corrected chi connectivity index (χ1v) is 11.1. The van der Waals surface area contributed by atoms with Gasteiger partial charge in [0.2, 0.25) is 5.91 Å². The molecular formula is C23H27FIN3O4. The number of hydrogen-bond acceptors (Lipinski definition) is 4. The molecule has 0 aliphatic carbocycles. The van der Waals surface area contributed by atoms with Crippen LogP contribution in [0.25, 0.3) is 0 Å². The predicted octanol–water partition coefficient (Wildman–Crippen LogP) is 4.05. The first-order chi connectivity index (χ1) is 15.1. The highest BCUT2D eigenvalue weighted by Crippen LogP contribution is 2.13. The van der Waals surface area contributed by atoms with Crippen LogP contribution in [-0.4, -0.2) is 29.6 Å². The summed E-state index contributed by atoms with van der Waals surface area (Å²) in [5, 5.41) is 5.44. The lowest BCUT2D eigenvalue weighted by atomic mass is 10.0. The molecule has 2 rings (SSSR count). The van der Waals surface area contributed by atoms with Gasteiger partial charge in [-0.05, 0) is 56.5 Å². The molecule has 0 spiro atoms. The van der Waals surface area contributed by atoms with Crippen LogP contribution >= 0.6 is 22.9 Å². The topological polar surface area (TPSA) is 96.5 Å². The standard InChI is InChI=1S/C23H27FIN3O4/c1-23(2,3)32-22(31)27-18(12-16-8-4-5-10-19(16)24)13-20(29)26-14-15-7-6-9-17(11-15)21(30)28-25/h4-11,18H,12-14H2,1-3H3,(H,26,29)(H,27,31)(H,28,30)/t18-/m1/s1. The maximum Gasteiger partial charge on any atom is 0.407 e. The molecule has 7 nitrogen and oxygen atoms in total. The minimum Gasteiger partial charge on any atom is -0.444 e. The molecule has 32 heavy (non-hydrogen) atoms. The van der Waals surface area contributed by atoms with Crippen molar-refractivity contribution >= 4 is 40.8 Å². The highest BCUT2D eigenvalue weighted by Gasteiger charge is 2.22. The van der Waals surface area contributed by atoms with Crippen LogP contribution in [0.5, 0.6) is 0 Å². The molecule has 1 atom stereocenters. The fraction of sp³-hybridized carbons (Fsp3) is 0.348. The second kappa shape index (κ2) is 11.8. The molecule has 0 aliphatic rings. The number of carbonyl (C=O) groups excluding carboxylic acids is 3. The molecule has 3 amide bonds. The van der Waals surface area contributed by atoms with Gasteiger partial charge in [0.25, 0.3) is 5.91 Å². The van der Waals surface area contributed by atoms with E-state index in [-0.39, 0.29) is 31.2 Å². The van der Waals surface area contributed by atoms with Crippen molar-refractivity contribution in [2.75, 3.05) is 0 Å². The Morgan fingerprint density at radius 1 is 1.09 bits per heavy atom. The molecule has 3 N–H and O–H groups in total. The molecule has 0 fully saturated rings. The van der Waals surface area contributed by atoms with Gasteiger partial charge in [0, 0.05) is 24.6 Å². The van der Waals surface area contributed by atoms with Crippen molar-refractivity contribution < 1.29 is 23.5 Å². The summed E-state index contributed by atoms with van der Waals surface area (Å²) in [5.74, 6) is -0.967. The number of benzene rings is 2. The molecule has 9 heteroatoms. The molecule has 0 radical (unpaired) electrons. The molecule has 0 heterocycles. The van der Waals surface area contributed by atoms with Crippen LogP contribution in [0.1, 0.15) is 48.7 Å². The Morgan fingerprint density at radius 2 is 1.81 bits per heavy atom. The van der Waals surface area contributed by atoms with Crippen molar-refractivity contribution in [3.05, 3.63) is 71.0 Å². The van der Waals surface area contributed by atoms with Crippen molar-refractivity contribution in [1.82, 2.24) is 14.2 Å². The lowest BCUT2D eigenvalue weighted by Gasteiger charge is -2.23. The van der Waals surface area contributed by atoms with Gasteiger partial charge < -0.3 is 15.4 Å². The van der Waals surface area contributed by atoms with E-state index in [1.54, 1.807) is 86.1 Å². The smallest absolute Gasteiger partial charge is 0.407 e. The highest BCUT2D eigenvalue weighted by atomic mass is 127. The van der Waals surface area contributed by atoms with Gasteiger partial charge in [-0.3, -0.25) is 13.1 Å². The Bertz CT molecular complexity index is 962. The van der Waals surface area contributed by atoms with E-state index in [4.69, 9.17) is 4.74 Å². The summed E-state index contributed by atoms with van der Waals surface area (Å²) < 4.78 is 21.9. The van der Waals surface area contributed by atoms with Gasteiger partial charge in [-0.15, -0.1) is 0 Å². The van der Waals surface area contributed by atoms with Crippen LogP contribution in [0.15, 0.2) is 48.5 Å². The first kappa shape index (κ1) is 25.6. The second-order valence-corrected chi connectivity index (χ2v) is 8.78. The number of halogens is 2. The summed E-state index contributed by atoms with van der Waals surface area (Å²) in [6.07, 6.45) is -0.615. The Balaban J connectivity index is 2.04. The minimum atomic E-state index is -0.704. The van der Waals surface area contributed by atoms with E-state index in [1.807, 2.05) is 0 Å². The van der Waals surface area contributed by atoms with E-state index in [1.165, 1.54) is 6.07 Å².